The first-order chi connectivity index (χ1) is 16.9. The average Bonchev–Trinajstić information content (AvgIpc) is 2.81. The lowest BCUT2D eigenvalue weighted by Gasteiger charge is -2.26. The third-order valence-corrected chi connectivity index (χ3v) is 5.63. The molecule has 6 nitrogen and oxygen atoms in total. The van der Waals surface area contributed by atoms with Crippen LogP contribution in [-0.2, 0) is 23.2 Å². The smallest absolute Gasteiger partial charge is 0.423 e. The molecule has 0 bridgehead atoms. The van der Waals surface area contributed by atoms with E-state index in [0.29, 0.717) is 5.56 Å². The van der Waals surface area contributed by atoms with Gasteiger partial charge in [-0.3, -0.25) is 9.59 Å². The van der Waals surface area contributed by atoms with E-state index < -0.39 is 46.1 Å². The molecule has 0 heterocycles. The third-order valence-electron chi connectivity index (χ3n) is 5.63. The van der Waals surface area contributed by atoms with E-state index in [1.54, 1.807) is 44.2 Å². The molecule has 0 aliphatic rings. The molecule has 36 heavy (non-hydrogen) atoms. The van der Waals surface area contributed by atoms with E-state index in [1.165, 1.54) is 24.3 Å². The molecule has 0 aliphatic carbocycles. The lowest BCUT2D eigenvalue weighted by Crippen LogP contribution is -2.42. The summed E-state index contributed by atoms with van der Waals surface area (Å²) in [5.41, 5.74) is 2.38. The fourth-order valence-electron chi connectivity index (χ4n) is 3.81. The normalized spacial score (nSPS) is 13.3. The Bertz CT molecular complexity index is 1240. The van der Waals surface area contributed by atoms with Gasteiger partial charge in [0.25, 0.3) is 5.91 Å². The zero-order valence-electron chi connectivity index (χ0n) is 19.7. The summed E-state index contributed by atoms with van der Waals surface area (Å²) in [6.45, 7) is 3.17. The molecule has 3 rings (SSSR count). The van der Waals surface area contributed by atoms with Crippen LogP contribution in [0, 0.1) is 5.92 Å². The van der Waals surface area contributed by atoms with Gasteiger partial charge in [0, 0.05) is 6.42 Å². The van der Waals surface area contributed by atoms with E-state index in [4.69, 9.17) is 10.5 Å². The second-order valence-electron chi connectivity index (χ2n) is 8.78. The number of hydrogen-bond acceptors (Lipinski definition) is 5. The predicted molar refractivity (Wildman–Crippen MR) is 126 cm³/mol. The van der Waals surface area contributed by atoms with Crippen molar-refractivity contribution in [1.82, 2.24) is 0 Å². The number of ether oxygens (including phenoxy) is 1. The number of rotatable bonds is 9. The van der Waals surface area contributed by atoms with Crippen molar-refractivity contribution in [2.45, 2.75) is 38.7 Å². The van der Waals surface area contributed by atoms with Crippen LogP contribution < -0.4 is 10.5 Å². The highest BCUT2D eigenvalue weighted by atomic mass is 19.4. The van der Waals surface area contributed by atoms with Crippen LogP contribution in [-0.4, -0.2) is 21.9 Å². The standard InChI is InChI=1S/C27H26F3NO5/c1-16(2)14-21(32)20-12-13-22(23(24(20)33)27(28,29)30)36-15-17-8-10-19(11-9-17)26(35,25(31)34)18-6-4-3-5-7-18/h3-13,16,33,35H,14-15H2,1-2H3,(H2,31,34). The van der Waals surface area contributed by atoms with Crippen molar-refractivity contribution in [1.29, 1.82) is 0 Å². The molecule has 190 valence electrons. The molecule has 0 aromatic heterocycles. The van der Waals surface area contributed by atoms with Crippen molar-refractivity contribution < 1.29 is 37.7 Å². The van der Waals surface area contributed by atoms with E-state index in [9.17, 15) is 33.0 Å². The summed E-state index contributed by atoms with van der Waals surface area (Å²) in [7, 11) is 0. The molecule has 9 heteroatoms. The minimum atomic E-state index is -4.97. The number of ketones is 1. The first-order valence-electron chi connectivity index (χ1n) is 11.1. The number of halogens is 3. The predicted octanol–water partition coefficient (Wildman–Crippen LogP) is 4.94. The zero-order valence-corrected chi connectivity index (χ0v) is 19.7. The van der Waals surface area contributed by atoms with E-state index in [2.05, 4.69) is 0 Å². The van der Waals surface area contributed by atoms with Gasteiger partial charge in [0.2, 0.25) is 0 Å². The summed E-state index contributed by atoms with van der Waals surface area (Å²) >= 11 is 0. The summed E-state index contributed by atoms with van der Waals surface area (Å²) in [5.74, 6) is -3.50. The Morgan fingerprint density at radius 2 is 1.53 bits per heavy atom. The Morgan fingerprint density at radius 1 is 0.944 bits per heavy atom. The van der Waals surface area contributed by atoms with Crippen LogP contribution >= 0.6 is 0 Å². The number of aliphatic hydroxyl groups is 1. The van der Waals surface area contributed by atoms with Gasteiger partial charge < -0.3 is 20.7 Å². The number of benzene rings is 3. The maximum absolute atomic E-state index is 13.7. The van der Waals surface area contributed by atoms with Crippen molar-refractivity contribution in [3.8, 4) is 11.5 Å². The Morgan fingerprint density at radius 3 is 2.06 bits per heavy atom. The van der Waals surface area contributed by atoms with Gasteiger partial charge in [0.15, 0.2) is 11.4 Å². The molecule has 1 unspecified atom stereocenters. The van der Waals surface area contributed by atoms with Crippen LogP contribution in [0.5, 0.6) is 11.5 Å². The second-order valence-corrected chi connectivity index (χ2v) is 8.78. The molecule has 1 amide bonds. The molecule has 0 saturated carbocycles. The van der Waals surface area contributed by atoms with Gasteiger partial charge in [0.05, 0.1) is 5.56 Å². The number of hydrogen-bond donors (Lipinski definition) is 3. The van der Waals surface area contributed by atoms with Crippen LogP contribution in [0.15, 0.2) is 66.7 Å². The summed E-state index contributed by atoms with van der Waals surface area (Å²) in [4.78, 5) is 24.4. The number of alkyl halides is 3. The van der Waals surface area contributed by atoms with Crippen LogP contribution in [0.4, 0.5) is 13.2 Å². The quantitative estimate of drug-likeness (QED) is 0.360. The molecular weight excluding hydrogens is 475 g/mol. The summed E-state index contributed by atoms with van der Waals surface area (Å²) in [6.07, 6.45) is -4.98. The summed E-state index contributed by atoms with van der Waals surface area (Å²) in [6, 6.07) is 16.0. The fourth-order valence-corrected chi connectivity index (χ4v) is 3.81. The summed E-state index contributed by atoms with van der Waals surface area (Å²) < 4.78 is 46.6. The van der Waals surface area contributed by atoms with Crippen LogP contribution in [0.2, 0.25) is 0 Å². The average molecular weight is 502 g/mol. The molecule has 0 saturated heterocycles. The molecule has 0 fully saturated rings. The van der Waals surface area contributed by atoms with Gasteiger partial charge in [0.1, 0.15) is 23.7 Å². The number of nitrogens with two attached hydrogens (primary N) is 1. The Kier molecular flexibility index (Phi) is 7.74. The van der Waals surface area contributed by atoms with Crippen molar-refractivity contribution in [3.05, 3.63) is 94.5 Å². The van der Waals surface area contributed by atoms with E-state index >= 15 is 0 Å². The SMILES string of the molecule is CC(C)CC(=O)c1ccc(OCc2ccc(C(O)(C(N)=O)c3ccccc3)cc2)c(C(F)(F)F)c1O. The van der Waals surface area contributed by atoms with Crippen LogP contribution in [0.3, 0.4) is 0 Å². The summed E-state index contributed by atoms with van der Waals surface area (Å²) in [5, 5.41) is 21.3. The molecule has 1 atom stereocenters. The number of amides is 1. The number of phenols is 1. The maximum atomic E-state index is 13.7. The van der Waals surface area contributed by atoms with E-state index in [1.807, 2.05) is 0 Å². The minimum absolute atomic E-state index is 0.0158. The lowest BCUT2D eigenvalue weighted by molar-refractivity contribution is -0.140. The van der Waals surface area contributed by atoms with Crippen LogP contribution in [0.1, 0.15) is 52.9 Å². The zero-order chi connectivity index (χ0) is 26.7. The van der Waals surface area contributed by atoms with Gasteiger partial charge >= 0.3 is 6.18 Å². The van der Waals surface area contributed by atoms with Crippen molar-refractivity contribution in [3.63, 3.8) is 0 Å². The number of phenolic OH excluding ortho intramolecular Hbond substituents is 1. The molecule has 0 aliphatic heterocycles. The topological polar surface area (TPSA) is 110 Å². The Labute approximate surface area is 206 Å². The van der Waals surface area contributed by atoms with Crippen LogP contribution in [0.25, 0.3) is 0 Å². The molecule has 0 radical (unpaired) electrons. The number of primary amides is 1. The van der Waals surface area contributed by atoms with Gasteiger partial charge in [-0.25, -0.2) is 0 Å². The van der Waals surface area contributed by atoms with Gasteiger partial charge in [-0.2, -0.15) is 13.2 Å². The third kappa shape index (κ3) is 5.52. The Balaban J connectivity index is 1.87. The van der Waals surface area contributed by atoms with Gasteiger partial charge in [-0.1, -0.05) is 68.4 Å². The van der Waals surface area contributed by atoms with Gasteiger partial charge in [-0.15, -0.1) is 0 Å². The van der Waals surface area contributed by atoms with E-state index in [0.717, 1.165) is 12.1 Å². The molecule has 3 aromatic carbocycles. The highest BCUT2D eigenvalue weighted by Gasteiger charge is 2.40. The molecule has 3 aromatic rings. The van der Waals surface area contributed by atoms with Gasteiger partial charge in [-0.05, 0) is 34.7 Å². The Hall–Kier alpha value is -3.85. The highest BCUT2D eigenvalue weighted by Crippen LogP contribution is 2.44. The largest absolute Gasteiger partial charge is 0.506 e. The second kappa shape index (κ2) is 10.4. The van der Waals surface area contributed by atoms with E-state index in [-0.39, 0.29) is 30.1 Å². The molecular formula is C27H26F3NO5. The first kappa shape index (κ1) is 26.7. The lowest BCUT2D eigenvalue weighted by atomic mass is 9.85. The number of carbonyl (C=O) groups is 2. The monoisotopic (exact) mass is 501 g/mol. The first-order valence-corrected chi connectivity index (χ1v) is 11.1. The number of Topliss-reactive ketones (excluding diaryl/α,β-unsaturated/α-hetero) is 1. The molecule has 0 spiro atoms. The maximum Gasteiger partial charge on any atom is 0.423 e. The van der Waals surface area contributed by atoms with Crippen molar-refractivity contribution in [2.24, 2.45) is 11.7 Å². The van der Waals surface area contributed by atoms with Crippen molar-refractivity contribution >= 4 is 11.7 Å². The highest BCUT2D eigenvalue weighted by molar-refractivity contribution is 5.99. The minimum Gasteiger partial charge on any atom is -0.506 e. The molecule has 4 N–H and O–H groups in total. The number of aromatic hydroxyl groups is 1. The van der Waals surface area contributed by atoms with Crippen molar-refractivity contribution in [2.75, 3.05) is 0 Å². The number of carbonyl (C=O) groups excluding carboxylic acids is 2. The fraction of sp³-hybridized carbons (Fsp3) is 0.259.